The molecule has 0 aliphatic heterocycles. The van der Waals surface area contributed by atoms with E-state index in [0.717, 1.165) is 16.0 Å². The average molecular weight is 403 g/mol. The highest BCUT2D eigenvalue weighted by Crippen LogP contribution is 2.40. The van der Waals surface area contributed by atoms with E-state index in [1.807, 2.05) is 44.2 Å². The van der Waals surface area contributed by atoms with Crippen molar-refractivity contribution in [3.63, 3.8) is 0 Å². The molecule has 0 saturated carbocycles. The minimum atomic E-state index is -0.246. The van der Waals surface area contributed by atoms with Crippen molar-refractivity contribution in [2.75, 3.05) is 11.2 Å². The summed E-state index contributed by atoms with van der Waals surface area (Å²) in [5.74, 6) is 0.160. The Balaban J connectivity index is 2.15. The number of carbonyl (C=O) groups is 1. The van der Waals surface area contributed by atoms with Gasteiger partial charge in [0.05, 0.1) is 10.6 Å². The first-order valence-corrected chi connectivity index (χ1v) is 9.86. The van der Waals surface area contributed by atoms with Gasteiger partial charge in [0.25, 0.3) is 5.56 Å². The van der Waals surface area contributed by atoms with Crippen molar-refractivity contribution in [3.8, 4) is 21.8 Å². The van der Waals surface area contributed by atoms with Gasteiger partial charge in [-0.1, -0.05) is 55.5 Å². The number of aromatic amines is 1. The van der Waals surface area contributed by atoms with Crippen LogP contribution in [0.2, 0.25) is 0 Å². The van der Waals surface area contributed by atoms with E-state index in [1.165, 1.54) is 11.3 Å². The van der Waals surface area contributed by atoms with Gasteiger partial charge in [0.15, 0.2) is 5.13 Å². The van der Waals surface area contributed by atoms with Crippen molar-refractivity contribution in [2.24, 2.45) is 0 Å². The molecule has 0 saturated heterocycles. The molecule has 0 aliphatic rings. The number of hydrogen-bond donors (Lipinski definition) is 2. The maximum atomic E-state index is 11.9. The minimum absolute atomic E-state index is 0.106. The molecule has 0 atom stereocenters. The maximum absolute atomic E-state index is 11.9. The predicted octanol–water partition coefficient (Wildman–Crippen LogP) is 4.25. The zero-order valence-corrected chi connectivity index (χ0v) is 16.5. The first kappa shape index (κ1) is 19.3. The maximum Gasteiger partial charge on any atom is 0.264 e. The Morgan fingerprint density at radius 3 is 2.67 bits per heavy atom. The highest BCUT2D eigenvalue weighted by atomic mass is 35.5. The number of hydrogen-bond acceptors (Lipinski definition) is 5. The third kappa shape index (κ3) is 4.43. The van der Waals surface area contributed by atoms with Gasteiger partial charge < -0.3 is 5.32 Å². The first-order chi connectivity index (χ1) is 13.0. The van der Waals surface area contributed by atoms with Crippen LogP contribution < -0.4 is 10.9 Å². The summed E-state index contributed by atoms with van der Waals surface area (Å²) in [6.45, 7) is 4.01. The normalized spacial score (nSPS) is 11.0. The lowest BCUT2D eigenvalue weighted by atomic mass is 10.00. The van der Waals surface area contributed by atoms with Crippen LogP contribution in [0.25, 0.3) is 21.8 Å². The molecular formula is C19H19ClN4O2S. The number of alkyl halides is 1. The van der Waals surface area contributed by atoms with Crippen molar-refractivity contribution < 1.29 is 4.79 Å². The van der Waals surface area contributed by atoms with Crippen molar-refractivity contribution >= 4 is 34.0 Å². The van der Waals surface area contributed by atoms with Gasteiger partial charge in [-0.25, -0.2) is 10.1 Å². The number of H-pyrrole nitrogens is 1. The van der Waals surface area contributed by atoms with E-state index in [4.69, 9.17) is 11.6 Å². The fraction of sp³-hybridized carbons (Fsp3) is 0.263. The number of rotatable bonds is 6. The number of aromatic nitrogens is 3. The molecule has 0 unspecified atom stereocenters. The first-order valence-electron chi connectivity index (χ1n) is 8.51. The molecule has 2 aromatic heterocycles. The van der Waals surface area contributed by atoms with Crippen LogP contribution in [0.4, 0.5) is 5.13 Å². The molecule has 3 rings (SSSR count). The van der Waals surface area contributed by atoms with Crippen LogP contribution in [0.5, 0.6) is 0 Å². The highest BCUT2D eigenvalue weighted by molar-refractivity contribution is 7.19. The molecule has 0 radical (unpaired) electrons. The van der Waals surface area contributed by atoms with E-state index in [-0.39, 0.29) is 29.7 Å². The molecule has 1 amide bonds. The van der Waals surface area contributed by atoms with Gasteiger partial charge in [0, 0.05) is 23.9 Å². The molecule has 0 aliphatic carbocycles. The van der Waals surface area contributed by atoms with Gasteiger partial charge in [-0.2, -0.15) is 5.10 Å². The lowest BCUT2D eigenvalue weighted by Gasteiger charge is -2.10. The SMILES string of the molecule is CC(C)c1cc(=O)[nH]nc1-c1sc(NC(=O)CCCl)nc1-c1ccccc1. The Morgan fingerprint density at radius 2 is 2.00 bits per heavy atom. The van der Waals surface area contributed by atoms with Crippen molar-refractivity contribution in [3.05, 3.63) is 52.3 Å². The molecule has 0 bridgehead atoms. The second-order valence-electron chi connectivity index (χ2n) is 6.24. The molecule has 27 heavy (non-hydrogen) atoms. The van der Waals surface area contributed by atoms with Crippen LogP contribution in [-0.4, -0.2) is 27.0 Å². The van der Waals surface area contributed by atoms with Gasteiger partial charge in [0.1, 0.15) is 5.69 Å². The van der Waals surface area contributed by atoms with Crippen LogP contribution in [0.15, 0.2) is 41.2 Å². The monoisotopic (exact) mass is 402 g/mol. The van der Waals surface area contributed by atoms with Gasteiger partial charge in [-0.3, -0.25) is 9.59 Å². The van der Waals surface area contributed by atoms with Crippen molar-refractivity contribution in [1.29, 1.82) is 0 Å². The van der Waals surface area contributed by atoms with Crippen LogP contribution >= 0.6 is 22.9 Å². The van der Waals surface area contributed by atoms with Gasteiger partial charge in [-0.05, 0) is 11.5 Å². The van der Waals surface area contributed by atoms with E-state index in [2.05, 4.69) is 20.5 Å². The number of nitrogens with one attached hydrogen (secondary N) is 2. The highest BCUT2D eigenvalue weighted by Gasteiger charge is 2.21. The number of anilines is 1. The number of thiazole rings is 1. The average Bonchev–Trinajstić information content (AvgIpc) is 3.06. The summed E-state index contributed by atoms with van der Waals surface area (Å²) in [5.41, 5.74) is 2.87. The predicted molar refractivity (Wildman–Crippen MR) is 109 cm³/mol. The molecule has 0 spiro atoms. The van der Waals surface area contributed by atoms with E-state index in [0.29, 0.717) is 16.5 Å². The summed E-state index contributed by atoms with van der Waals surface area (Å²) in [5, 5.41) is 10.1. The second-order valence-corrected chi connectivity index (χ2v) is 7.62. The molecule has 2 N–H and O–H groups in total. The summed E-state index contributed by atoms with van der Waals surface area (Å²) in [7, 11) is 0. The van der Waals surface area contributed by atoms with Crippen molar-refractivity contribution in [2.45, 2.75) is 26.2 Å². The number of amides is 1. The van der Waals surface area contributed by atoms with Gasteiger partial charge in [-0.15, -0.1) is 11.6 Å². The quantitative estimate of drug-likeness (QED) is 0.603. The molecule has 8 heteroatoms. The lowest BCUT2D eigenvalue weighted by Crippen LogP contribution is -2.11. The molecule has 140 valence electrons. The standard InChI is InChI=1S/C19H19ClN4O2S/c1-11(2)13-10-15(26)23-24-17(13)18-16(12-6-4-3-5-7-12)22-19(27-18)21-14(25)8-9-20/h3-7,10-11H,8-9H2,1-2H3,(H,23,26)(H,21,22,25). The second kappa shape index (κ2) is 8.45. The molecule has 6 nitrogen and oxygen atoms in total. The smallest absolute Gasteiger partial charge is 0.264 e. The number of carbonyl (C=O) groups excluding carboxylic acids is 1. The van der Waals surface area contributed by atoms with Crippen LogP contribution in [0.3, 0.4) is 0 Å². The summed E-state index contributed by atoms with van der Waals surface area (Å²) in [4.78, 5) is 29.1. The zero-order valence-electron chi connectivity index (χ0n) is 15.0. The fourth-order valence-electron chi connectivity index (χ4n) is 2.63. The van der Waals surface area contributed by atoms with Crippen LogP contribution in [0, 0.1) is 0 Å². The number of benzene rings is 1. The Kier molecular flexibility index (Phi) is 6.03. The van der Waals surface area contributed by atoms with E-state index in [1.54, 1.807) is 6.07 Å². The summed E-state index contributed by atoms with van der Waals surface area (Å²) in [6.07, 6.45) is 0.214. The van der Waals surface area contributed by atoms with E-state index >= 15 is 0 Å². The Bertz CT molecular complexity index is 998. The van der Waals surface area contributed by atoms with Crippen LogP contribution in [0.1, 0.15) is 31.7 Å². The lowest BCUT2D eigenvalue weighted by molar-refractivity contribution is -0.115. The van der Waals surface area contributed by atoms with Crippen LogP contribution in [-0.2, 0) is 4.79 Å². The van der Waals surface area contributed by atoms with E-state index < -0.39 is 0 Å². The van der Waals surface area contributed by atoms with Gasteiger partial charge >= 0.3 is 0 Å². The third-order valence-electron chi connectivity index (χ3n) is 3.92. The van der Waals surface area contributed by atoms with E-state index in [9.17, 15) is 9.59 Å². The summed E-state index contributed by atoms with van der Waals surface area (Å²) < 4.78 is 0. The molecule has 1 aromatic carbocycles. The Labute approximate surface area is 165 Å². The number of halogens is 1. The molecule has 2 heterocycles. The summed E-state index contributed by atoms with van der Waals surface area (Å²) >= 11 is 6.97. The fourth-order valence-corrected chi connectivity index (χ4v) is 3.82. The third-order valence-corrected chi connectivity index (χ3v) is 5.08. The number of nitrogens with zero attached hydrogens (tertiary/aromatic N) is 2. The van der Waals surface area contributed by atoms with Gasteiger partial charge in [0.2, 0.25) is 5.91 Å². The Hall–Kier alpha value is -2.51. The van der Waals surface area contributed by atoms with Crippen molar-refractivity contribution in [1.82, 2.24) is 15.2 Å². The summed E-state index contributed by atoms with van der Waals surface area (Å²) in [6, 6.07) is 11.2. The largest absolute Gasteiger partial charge is 0.302 e. The topological polar surface area (TPSA) is 87.7 Å². The zero-order chi connectivity index (χ0) is 19.4. The molecule has 3 aromatic rings. The Morgan fingerprint density at radius 1 is 1.26 bits per heavy atom. The minimum Gasteiger partial charge on any atom is -0.302 e. The molecular weight excluding hydrogens is 384 g/mol. The molecule has 0 fully saturated rings.